The van der Waals surface area contributed by atoms with Crippen molar-refractivity contribution >= 4 is 15.9 Å². The molecule has 1 amide bonds. The lowest BCUT2D eigenvalue weighted by Gasteiger charge is -2.32. The van der Waals surface area contributed by atoms with Gasteiger partial charge in [-0.25, -0.2) is 8.42 Å². The van der Waals surface area contributed by atoms with Crippen LogP contribution < -0.4 is 4.74 Å². The molecule has 0 bridgehead atoms. The molecule has 7 heteroatoms. The average Bonchev–Trinajstić information content (AvgIpc) is 2.78. The van der Waals surface area contributed by atoms with Crippen LogP contribution in [0.5, 0.6) is 5.75 Å². The molecule has 0 radical (unpaired) electrons. The Morgan fingerprint density at radius 1 is 1.07 bits per heavy atom. The number of fused-ring (bicyclic) bond motifs is 1. The van der Waals surface area contributed by atoms with Crippen molar-refractivity contribution in [2.45, 2.75) is 50.1 Å². The molecule has 30 heavy (non-hydrogen) atoms. The maximum atomic E-state index is 13.2. The largest absolute Gasteiger partial charge is 0.497 e. The number of hydrogen-bond acceptors (Lipinski definition) is 4. The molecule has 1 saturated heterocycles. The van der Waals surface area contributed by atoms with Gasteiger partial charge in [-0.3, -0.25) is 4.79 Å². The molecule has 0 spiro atoms. The quantitative estimate of drug-likeness (QED) is 0.748. The molecule has 2 heterocycles. The molecule has 2 aromatic rings. The molecule has 4 rings (SSSR count). The normalized spacial score (nSPS) is 19.9. The van der Waals surface area contributed by atoms with Gasteiger partial charge in [-0.1, -0.05) is 18.6 Å². The molecule has 0 aliphatic carbocycles. The van der Waals surface area contributed by atoms with E-state index in [1.165, 1.54) is 11.6 Å². The van der Waals surface area contributed by atoms with Crippen molar-refractivity contribution in [1.82, 2.24) is 9.21 Å². The maximum Gasteiger partial charge on any atom is 0.254 e. The van der Waals surface area contributed by atoms with Gasteiger partial charge < -0.3 is 9.64 Å². The first kappa shape index (κ1) is 20.9. The number of carbonyl (C=O) groups excluding carboxylic acids is 1. The van der Waals surface area contributed by atoms with E-state index in [2.05, 4.69) is 0 Å². The third-order valence-corrected chi connectivity index (χ3v) is 8.15. The molecule has 0 N–H and O–H groups in total. The number of carbonyl (C=O) groups is 1. The van der Waals surface area contributed by atoms with Crippen LogP contribution in [0.25, 0.3) is 0 Å². The van der Waals surface area contributed by atoms with Crippen molar-refractivity contribution in [2.24, 2.45) is 0 Å². The molecule has 0 aromatic heterocycles. The second-order valence-corrected chi connectivity index (χ2v) is 9.99. The van der Waals surface area contributed by atoms with Gasteiger partial charge in [0.2, 0.25) is 10.0 Å². The first-order valence-electron chi connectivity index (χ1n) is 10.5. The lowest BCUT2D eigenvalue weighted by molar-refractivity contribution is 0.0734. The van der Waals surface area contributed by atoms with Gasteiger partial charge in [-0.2, -0.15) is 4.31 Å². The summed E-state index contributed by atoms with van der Waals surface area (Å²) in [6.07, 6.45) is 3.56. The first-order chi connectivity index (χ1) is 14.4. The van der Waals surface area contributed by atoms with E-state index in [9.17, 15) is 13.2 Å². The predicted octanol–water partition coefficient (Wildman–Crippen LogP) is 3.46. The highest BCUT2D eigenvalue weighted by atomic mass is 32.2. The molecule has 2 aliphatic rings. The topological polar surface area (TPSA) is 66.9 Å². The monoisotopic (exact) mass is 428 g/mol. The third kappa shape index (κ3) is 3.96. The van der Waals surface area contributed by atoms with Crippen molar-refractivity contribution in [2.75, 3.05) is 20.2 Å². The van der Waals surface area contributed by atoms with E-state index < -0.39 is 10.0 Å². The summed E-state index contributed by atoms with van der Waals surface area (Å²) >= 11 is 0. The molecule has 2 aliphatic heterocycles. The third-order valence-electron chi connectivity index (χ3n) is 6.14. The highest BCUT2D eigenvalue weighted by molar-refractivity contribution is 7.89. The number of methoxy groups -OCH3 is 1. The summed E-state index contributed by atoms with van der Waals surface area (Å²) < 4.78 is 33.2. The van der Waals surface area contributed by atoms with Crippen LogP contribution in [0.2, 0.25) is 0 Å². The Labute approximate surface area is 178 Å². The number of hydrogen-bond donors (Lipinski definition) is 0. The van der Waals surface area contributed by atoms with Gasteiger partial charge in [-0.15, -0.1) is 0 Å². The second kappa shape index (κ2) is 8.40. The number of piperidine rings is 1. The van der Waals surface area contributed by atoms with Crippen LogP contribution in [0, 0.1) is 0 Å². The van der Waals surface area contributed by atoms with Crippen molar-refractivity contribution in [1.29, 1.82) is 0 Å². The van der Waals surface area contributed by atoms with Crippen LogP contribution in [0.15, 0.2) is 47.4 Å². The van der Waals surface area contributed by atoms with Gasteiger partial charge in [0.25, 0.3) is 5.91 Å². The molecule has 160 valence electrons. The molecule has 0 saturated carbocycles. The minimum Gasteiger partial charge on any atom is -0.497 e. The van der Waals surface area contributed by atoms with Crippen LogP contribution in [0.1, 0.15) is 47.7 Å². The SMILES string of the molecule is COc1ccc2c(c1)CN(C(=O)c1cccc(S(=O)(=O)N3CCCCC3C)c1)CC2. The van der Waals surface area contributed by atoms with E-state index in [1.807, 2.05) is 25.1 Å². The lowest BCUT2D eigenvalue weighted by Crippen LogP contribution is -2.42. The van der Waals surface area contributed by atoms with Crippen LogP contribution in [-0.4, -0.2) is 49.8 Å². The Balaban J connectivity index is 1.57. The van der Waals surface area contributed by atoms with Gasteiger partial charge >= 0.3 is 0 Å². The van der Waals surface area contributed by atoms with Gasteiger partial charge in [0.1, 0.15) is 5.75 Å². The van der Waals surface area contributed by atoms with Crippen molar-refractivity contribution < 1.29 is 17.9 Å². The number of nitrogens with zero attached hydrogens (tertiary/aromatic N) is 2. The number of ether oxygens (including phenoxy) is 1. The fraction of sp³-hybridized carbons (Fsp3) is 0.435. The van der Waals surface area contributed by atoms with E-state index in [-0.39, 0.29) is 16.8 Å². The molecular weight excluding hydrogens is 400 g/mol. The molecule has 1 unspecified atom stereocenters. The summed E-state index contributed by atoms with van der Waals surface area (Å²) in [7, 11) is -1.98. The minimum absolute atomic E-state index is 0.0170. The molecular formula is C23H28N2O4S. The summed E-state index contributed by atoms with van der Waals surface area (Å²) in [6.45, 7) is 3.58. The molecule has 6 nitrogen and oxygen atoms in total. The van der Waals surface area contributed by atoms with Crippen LogP contribution in [0.3, 0.4) is 0 Å². The smallest absolute Gasteiger partial charge is 0.254 e. The Bertz CT molecular complexity index is 1050. The first-order valence-corrected chi connectivity index (χ1v) is 11.9. The Morgan fingerprint density at radius 3 is 2.67 bits per heavy atom. The van der Waals surface area contributed by atoms with Gasteiger partial charge in [0.05, 0.1) is 12.0 Å². The summed E-state index contributed by atoms with van der Waals surface area (Å²) in [6, 6.07) is 12.4. The Morgan fingerprint density at radius 2 is 1.90 bits per heavy atom. The predicted molar refractivity (Wildman–Crippen MR) is 115 cm³/mol. The van der Waals surface area contributed by atoms with Crippen LogP contribution in [0.4, 0.5) is 0 Å². The van der Waals surface area contributed by atoms with Gasteiger partial charge in [0.15, 0.2) is 0 Å². The number of benzene rings is 2. The Hall–Kier alpha value is -2.38. The molecule has 1 atom stereocenters. The zero-order valence-electron chi connectivity index (χ0n) is 17.5. The second-order valence-electron chi connectivity index (χ2n) is 8.10. The summed E-state index contributed by atoms with van der Waals surface area (Å²) in [5.74, 6) is 0.624. The minimum atomic E-state index is -3.61. The van der Waals surface area contributed by atoms with Crippen molar-refractivity contribution in [3.63, 3.8) is 0 Å². The Kier molecular flexibility index (Phi) is 5.84. The van der Waals surface area contributed by atoms with Gasteiger partial charge in [-0.05, 0) is 67.6 Å². The van der Waals surface area contributed by atoms with E-state index >= 15 is 0 Å². The zero-order chi connectivity index (χ0) is 21.3. The molecule has 2 aromatic carbocycles. The van der Waals surface area contributed by atoms with Crippen molar-refractivity contribution in [3.05, 3.63) is 59.2 Å². The number of rotatable bonds is 4. The summed E-state index contributed by atoms with van der Waals surface area (Å²) in [4.78, 5) is 15.1. The van der Waals surface area contributed by atoms with Crippen LogP contribution >= 0.6 is 0 Å². The number of amides is 1. The van der Waals surface area contributed by atoms with Gasteiger partial charge in [0, 0.05) is 31.2 Å². The highest BCUT2D eigenvalue weighted by Gasteiger charge is 2.31. The van der Waals surface area contributed by atoms with Crippen molar-refractivity contribution in [3.8, 4) is 5.75 Å². The fourth-order valence-electron chi connectivity index (χ4n) is 4.37. The lowest BCUT2D eigenvalue weighted by atomic mass is 9.99. The van der Waals surface area contributed by atoms with E-state index in [0.29, 0.717) is 25.2 Å². The van der Waals surface area contributed by atoms with E-state index in [1.54, 1.807) is 34.5 Å². The molecule has 1 fully saturated rings. The standard InChI is InChI=1S/C23H28N2O4S/c1-17-6-3-4-12-25(17)30(27,28)22-8-5-7-19(15-22)23(26)24-13-11-18-9-10-21(29-2)14-20(18)16-24/h5,7-10,14-15,17H,3-4,6,11-13,16H2,1-2H3. The fourth-order valence-corrected chi connectivity index (χ4v) is 6.12. The van der Waals surface area contributed by atoms with E-state index in [4.69, 9.17) is 4.74 Å². The highest BCUT2D eigenvalue weighted by Crippen LogP contribution is 2.27. The van der Waals surface area contributed by atoms with E-state index in [0.717, 1.165) is 37.0 Å². The maximum absolute atomic E-state index is 13.2. The summed E-state index contributed by atoms with van der Waals surface area (Å²) in [5.41, 5.74) is 2.70. The number of sulfonamides is 1. The average molecular weight is 429 g/mol. The zero-order valence-corrected chi connectivity index (χ0v) is 18.3. The van der Waals surface area contributed by atoms with Crippen LogP contribution in [-0.2, 0) is 23.0 Å². The summed E-state index contributed by atoms with van der Waals surface area (Å²) in [5, 5.41) is 0.